The van der Waals surface area contributed by atoms with Crippen molar-refractivity contribution in [3.05, 3.63) is 71.8 Å². The van der Waals surface area contributed by atoms with Gasteiger partial charge in [0.1, 0.15) is 11.6 Å². The standard InChI is InChI=1S/C31H49N7O2/c1-6-19-38(20-7-2)30(10-9-11-31(39)40-8-3)36(5)22-26-12-14-27(15-13-26)23-37(24-28-32-16-17-33-28)25-29-34-18-21-35(29)4/h12-18,21,30H,6-11,19-20,22-25H2,1-5H3,(H,32,33). The Balaban J connectivity index is 1.65. The molecule has 0 bridgehead atoms. The van der Waals surface area contributed by atoms with Crippen molar-refractivity contribution in [3.8, 4) is 0 Å². The van der Waals surface area contributed by atoms with Gasteiger partial charge in [-0.1, -0.05) is 38.1 Å². The first kappa shape index (κ1) is 31.5. The number of carbonyl (C=O) groups is 1. The van der Waals surface area contributed by atoms with Crippen LogP contribution in [0.25, 0.3) is 0 Å². The number of nitrogens with zero attached hydrogens (tertiary/aromatic N) is 6. The smallest absolute Gasteiger partial charge is 0.305 e. The number of aromatic nitrogens is 4. The van der Waals surface area contributed by atoms with Crippen molar-refractivity contribution in [2.45, 2.75) is 85.2 Å². The molecule has 1 unspecified atom stereocenters. The zero-order valence-electron chi connectivity index (χ0n) is 25.2. The highest BCUT2D eigenvalue weighted by Gasteiger charge is 2.22. The molecule has 3 aromatic rings. The molecule has 0 amide bonds. The summed E-state index contributed by atoms with van der Waals surface area (Å²) in [4.78, 5) is 31.5. The van der Waals surface area contributed by atoms with Crippen LogP contribution in [0.1, 0.15) is 75.7 Å². The largest absolute Gasteiger partial charge is 0.466 e. The van der Waals surface area contributed by atoms with Crippen LogP contribution in [-0.2, 0) is 42.8 Å². The lowest BCUT2D eigenvalue weighted by atomic mass is 10.1. The van der Waals surface area contributed by atoms with Gasteiger partial charge in [0.25, 0.3) is 0 Å². The summed E-state index contributed by atoms with van der Waals surface area (Å²) in [6, 6.07) is 8.97. The van der Waals surface area contributed by atoms with Crippen molar-refractivity contribution in [2.24, 2.45) is 7.05 Å². The van der Waals surface area contributed by atoms with E-state index in [9.17, 15) is 4.79 Å². The van der Waals surface area contributed by atoms with Gasteiger partial charge in [0.05, 0.1) is 25.9 Å². The van der Waals surface area contributed by atoms with E-state index in [1.807, 2.05) is 32.6 Å². The average molecular weight is 552 g/mol. The number of rotatable bonds is 19. The Hall–Kier alpha value is -3.01. The first-order valence-corrected chi connectivity index (χ1v) is 14.8. The van der Waals surface area contributed by atoms with E-state index in [1.165, 1.54) is 11.1 Å². The van der Waals surface area contributed by atoms with Gasteiger partial charge >= 0.3 is 5.97 Å². The lowest BCUT2D eigenvalue weighted by molar-refractivity contribution is -0.143. The molecule has 40 heavy (non-hydrogen) atoms. The number of ether oxygens (including phenoxy) is 1. The molecule has 9 nitrogen and oxygen atoms in total. The summed E-state index contributed by atoms with van der Waals surface area (Å²) in [6.07, 6.45) is 12.3. The van der Waals surface area contributed by atoms with Crippen molar-refractivity contribution in [1.82, 2.24) is 34.2 Å². The van der Waals surface area contributed by atoms with E-state index < -0.39 is 0 Å². The topological polar surface area (TPSA) is 82.5 Å². The number of H-pyrrole nitrogens is 1. The average Bonchev–Trinajstić information content (AvgIpc) is 3.59. The summed E-state index contributed by atoms with van der Waals surface area (Å²) in [5.74, 6) is 1.88. The molecule has 2 heterocycles. The summed E-state index contributed by atoms with van der Waals surface area (Å²) in [6.45, 7) is 12.0. The van der Waals surface area contributed by atoms with E-state index in [0.29, 0.717) is 13.0 Å². The molecule has 9 heteroatoms. The minimum atomic E-state index is -0.0963. The second-order valence-electron chi connectivity index (χ2n) is 10.6. The zero-order valence-corrected chi connectivity index (χ0v) is 25.2. The fourth-order valence-electron chi connectivity index (χ4n) is 5.24. The molecule has 3 rings (SSSR count). The SMILES string of the molecule is CCCN(CCC)C(CCCC(=O)OCC)N(C)Cc1ccc(CN(Cc2ncc[nH]2)Cc2nccn2C)cc1. The van der Waals surface area contributed by atoms with Crippen LogP contribution >= 0.6 is 0 Å². The summed E-state index contributed by atoms with van der Waals surface area (Å²) in [5.41, 5.74) is 2.55. The van der Waals surface area contributed by atoms with Gasteiger partial charge in [0.2, 0.25) is 0 Å². The molecule has 1 aromatic carbocycles. The van der Waals surface area contributed by atoms with Crippen LogP contribution in [0.4, 0.5) is 0 Å². The van der Waals surface area contributed by atoms with Gasteiger partial charge in [-0.2, -0.15) is 0 Å². The van der Waals surface area contributed by atoms with Gasteiger partial charge in [-0.25, -0.2) is 9.97 Å². The lowest BCUT2D eigenvalue weighted by Gasteiger charge is -2.38. The number of nitrogens with one attached hydrogen (secondary N) is 1. The van der Waals surface area contributed by atoms with Gasteiger partial charge in [0, 0.05) is 51.3 Å². The predicted octanol–water partition coefficient (Wildman–Crippen LogP) is 4.96. The maximum atomic E-state index is 11.9. The second-order valence-corrected chi connectivity index (χ2v) is 10.6. The van der Waals surface area contributed by atoms with Crippen molar-refractivity contribution < 1.29 is 9.53 Å². The summed E-state index contributed by atoms with van der Waals surface area (Å²) >= 11 is 0. The Bertz CT molecular complexity index is 1090. The molecule has 0 radical (unpaired) electrons. The first-order chi connectivity index (χ1) is 19.4. The maximum absolute atomic E-state index is 11.9. The van der Waals surface area contributed by atoms with Crippen molar-refractivity contribution in [2.75, 3.05) is 26.7 Å². The molecule has 0 fully saturated rings. The molecular weight excluding hydrogens is 502 g/mol. The summed E-state index contributed by atoms with van der Waals surface area (Å²) < 4.78 is 7.23. The highest BCUT2D eigenvalue weighted by atomic mass is 16.5. The third-order valence-electron chi connectivity index (χ3n) is 7.18. The number of benzene rings is 1. The Kier molecular flexibility index (Phi) is 13.4. The van der Waals surface area contributed by atoms with E-state index in [2.05, 4.69) is 79.4 Å². The molecular formula is C31H49N7O2. The Labute approximate surface area is 240 Å². The Morgan fingerprint density at radius 2 is 1.68 bits per heavy atom. The van der Waals surface area contributed by atoms with E-state index in [-0.39, 0.29) is 12.1 Å². The Morgan fingerprint density at radius 1 is 0.975 bits per heavy atom. The third-order valence-corrected chi connectivity index (χ3v) is 7.18. The Morgan fingerprint density at radius 3 is 2.25 bits per heavy atom. The number of hydrogen-bond acceptors (Lipinski definition) is 7. The van der Waals surface area contributed by atoms with E-state index in [0.717, 1.165) is 76.6 Å². The normalized spacial score (nSPS) is 12.5. The van der Waals surface area contributed by atoms with Crippen molar-refractivity contribution in [3.63, 3.8) is 0 Å². The first-order valence-electron chi connectivity index (χ1n) is 14.8. The molecule has 0 aliphatic carbocycles. The molecule has 0 aliphatic rings. The maximum Gasteiger partial charge on any atom is 0.305 e. The van der Waals surface area contributed by atoms with Gasteiger partial charge in [0.15, 0.2) is 0 Å². The molecule has 220 valence electrons. The summed E-state index contributed by atoms with van der Waals surface area (Å²) in [7, 11) is 4.24. The molecule has 0 saturated heterocycles. The number of aromatic amines is 1. The number of aryl methyl sites for hydroxylation is 1. The fourth-order valence-corrected chi connectivity index (χ4v) is 5.24. The highest BCUT2D eigenvalue weighted by Crippen LogP contribution is 2.19. The molecule has 1 atom stereocenters. The van der Waals surface area contributed by atoms with Gasteiger partial charge in [-0.05, 0) is 63.9 Å². The monoisotopic (exact) mass is 551 g/mol. The van der Waals surface area contributed by atoms with Crippen LogP contribution in [0.15, 0.2) is 49.1 Å². The lowest BCUT2D eigenvalue weighted by Crippen LogP contribution is -2.47. The molecule has 2 aromatic heterocycles. The number of hydrogen-bond donors (Lipinski definition) is 1. The van der Waals surface area contributed by atoms with Crippen LogP contribution in [0.2, 0.25) is 0 Å². The van der Waals surface area contributed by atoms with Crippen LogP contribution in [0, 0.1) is 0 Å². The van der Waals surface area contributed by atoms with E-state index >= 15 is 0 Å². The van der Waals surface area contributed by atoms with Crippen LogP contribution in [0.3, 0.4) is 0 Å². The second kappa shape index (κ2) is 16.9. The molecule has 0 spiro atoms. The fraction of sp³-hybridized carbons (Fsp3) is 0.581. The van der Waals surface area contributed by atoms with E-state index in [1.54, 1.807) is 6.20 Å². The third kappa shape index (κ3) is 10.2. The van der Waals surface area contributed by atoms with Crippen LogP contribution in [0.5, 0.6) is 0 Å². The van der Waals surface area contributed by atoms with Gasteiger partial charge < -0.3 is 14.3 Å². The molecule has 0 aliphatic heterocycles. The zero-order chi connectivity index (χ0) is 28.7. The predicted molar refractivity (Wildman–Crippen MR) is 159 cm³/mol. The van der Waals surface area contributed by atoms with Crippen molar-refractivity contribution >= 4 is 5.97 Å². The summed E-state index contributed by atoms with van der Waals surface area (Å²) in [5, 5.41) is 0. The van der Waals surface area contributed by atoms with Crippen LogP contribution in [-0.4, -0.2) is 73.1 Å². The van der Waals surface area contributed by atoms with E-state index in [4.69, 9.17) is 4.74 Å². The highest BCUT2D eigenvalue weighted by molar-refractivity contribution is 5.69. The molecule has 0 saturated carbocycles. The number of imidazole rings is 2. The van der Waals surface area contributed by atoms with Crippen LogP contribution < -0.4 is 0 Å². The number of esters is 1. The molecule has 1 N–H and O–H groups in total. The minimum absolute atomic E-state index is 0.0963. The van der Waals surface area contributed by atoms with Gasteiger partial charge in [-0.15, -0.1) is 0 Å². The quantitative estimate of drug-likeness (QED) is 0.167. The minimum Gasteiger partial charge on any atom is -0.466 e. The van der Waals surface area contributed by atoms with Crippen molar-refractivity contribution in [1.29, 1.82) is 0 Å². The number of carbonyl (C=O) groups excluding carboxylic acids is 1. The van der Waals surface area contributed by atoms with Gasteiger partial charge in [-0.3, -0.25) is 19.5 Å².